The normalized spacial score (nSPS) is 18.0. The Hall–Kier alpha value is -5.88. The van der Waals surface area contributed by atoms with E-state index in [-0.39, 0.29) is 85.9 Å². The number of alkyl carbamates (subject to hydrolysis) is 1. The summed E-state index contributed by atoms with van der Waals surface area (Å²) in [5, 5.41) is 17.5. The number of carbonyl (C=O) groups is 6. The Kier molecular flexibility index (Phi) is 30.3. The molecule has 1 aliphatic carbocycles. The van der Waals surface area contributed by atoms with Crippen LogP contribution in [0.15, 0.2) is 84.9 Å². The van der Waals surface area contributed by atoms with Crippen LogP contribution in [-0.4, -0.2) is 127 Å². The van der Waals surface area contributed by atoms with Gasteiger partial charge in [-0.2, -0.15) is 0 Å². The number of hydrogen-bond donors (Lipinski definition) is 4. The number of guanidine groups is 1. The number of ether oxygens (including phenoxy) is 3. The zero-order valence-corrected chi connectivity index (χ0v) is 64.5. The zero-order valence-electron chi connectivity index (χ0n) is 61.5. The first-order chi connectivity index (χ1) is 44.7. The van der Waals surface area contributed by atoms with Gasteiger partial charge in [-0.3, -0.25) is 25.1 Å². The molecule has 4 N–H and O–H groups in total. The lowest BCUT2D eigenvalue weighted by Crippen LogP contribution is -2.60. The van der Waals surface area contributed by atoms with Crippen molar-refractivity contribution in [3.8, 4) is 5.75 Å². The molecule has 0 spiro atoms. The van der Waals surface area contributed by atoms with Crippen molar-refractivity contribution in [1.82, 2.24) is 25.8 Å². The van der Waals surface area contributed by atoms with Gasteiger partial charge in [0.05, 0.1) is 7.11 Å². The summed E-state index contributed by atoms with van der Waals surface area (Å²) in [6, 6.07) is 22.3. The molecule has 0 aromatic heterocycles. The molecule has 0 bridgehead atoms. The number of hydrogen-bond acceptors (Lipinski definition) is 13. The maximum Gasteiger partial charge on any atom is 0.416 e. The Morgan fingerprint density at radius 2 is 1.09 bits per heavy atom. The number of esters is 1. The molecule has 1 saturated heterocycles. The van der Waals surface area contributed by atoms with Crippen LogP contribution in [-0.2, 0) is 61.9 Å². The second kappa shape index (κ2) is 36.1. The lowest BCUT2D eigenvalue weighted by atomic mass is 9.83. The standard InChI is InChI=1S/C74H120N6O12Si3/c1-47(2)41-64(77-69(82)67(92-95(54(15)16,55(17)18)56(19)20)42-57-34-37-61(38-35-57)90-93(48(3)4,49(5)6)50(7)8)70(83)80-65-44-62(91-94(51(9)10,52(11)12)53(13)14)39-36-60(65)43-66(80)68(81)76-63(71(84)87-21)33-28-40-79(74(86)89-46-59-31-26-23-27-32-59)72(75)78-73(85)88-45-58-29-24-22-25-30-58/h22-27,29-32,34-35,37-38,47-56,60,62-67H,28,33,36,39-46H2,1-21H3,(H,76,81)(H,77,82)(H2,75,78,85)/t60-,62+,63-,64+,65-,66-,67+/m0/s1. The van der Waals surface area contributed by atoms with Crippen LogP contribution >= 0.6 is 0 Å². The highest BCUT2D eigenvalue weighted by molar-refractivity contribution is 6.79. The summed E-state index contributed by atoms with van der Waals surface area (Å²) in [5.74, 6) is -2.08. The third-order valence-electron chi connectivity index (χ3n) is 20.6. The molecule has 530 valence electrons. The van der Waals surface area contributed by atoms with Gasteiger partial charge in [0.15, 0.2) is 0 Å². The fraction of sp³-hybridized carbons (Fsp3) is 0.662. The van der Waals surface area contributed by atoms with E-state index in [4.69, 9.17) is 32.9 Å². The van der Waals surface area contributed by atoms with E-state index in [1.165, 1.54) is 7.11 Å². The van der Waals surface area contributed by atoms with Crippen LogP contribution < -0.4 is 20.4 Å². The molecule has 3 aromatic rings. The Morgan fingerprint density at radius 1 is 0.589 bits per heavy atom. The molecule has 18 nitrogen and oxygen atoms in total. The molecule has 1 heterocycles. The Bertz CT molecular complexity index is 2880. The van der Waals surface area contributed by atoms with Crippen molar-refractivity contribution in [3.63, 3.8) is 0 Å². The zero-order chi connectivity index (χ0) is 70.9. The molecule has 3 aromatic carbocycles. The quantitative estimate of drug-likeness (QED) is 0.0147. The highest BCUT2D eigenvalue weighted by Crippen LogP contribution is 2.49. The predicted molar refractivity (Wildman–Crippen MR) is 385 cm³/mol. The monoisotopic (exact) mass is 1370 g/mol. The number of nitrogens with zero attached hydrogens (tertiary/aromatic N) is 2. The third kappa shape index (κ3) is 20.1. The Balaban J connectivity index is 1.52. The van der Waals surface area contributed by atoms with Gasteiger partial charge in [-0.25, -0.2) is 19.3 Å². The van der Waals surface area contributed by atoms with Crippen molar-refractivity contribution >= 4 is 66.8 Å². The van der Waals surface area contributed by atoms with E-state index in [1.807, 2.05) is 50.2 Å². The summed E-state index contributed by atoms with van der Waals surface area (Å²) in [6.45, 7) is 43.9. The van der Waals surface area contributed by atoms with E-state index < -0.39 is 91.2 Å². The van der Waals surface area contributed by atoms with Crippen LogP contribution in [0.2, 0.25) is 49.9 Å². The van der Waals surface area contributed by atoms with Crippen molar-refractivity contribution in [3.05, 3.63) is 102 Å². The largest absolute Gasteiger partial charge is 0.543 e. The minimum absolute atomic E-state index is 0.0171. The van der Waals surface area contributed by atoms with Gasteiger partial charge in [0.2, 0.25) is 40.3 Å². The molecule has 1 saturated carbocycles. The summed E-state index contributed by atoms with van der Waals surface area (Å²) < 4.78 is 38.4. The Morgan fingerprint density at radius 3 is 1.58 bits per heavy atom. The van der Waals surface area contributed by atoms with Gasteiger partial charge in [0, 0.05) is 25.1 Å². The molecule has 21 heteroatoms. The second-order valence-corrected chi connectivity index (χ2v) is 46.2. The van der Waals surface area contributed by atoms with E-state index in [0.717, 1.165) is 28.2 Å². The summed E-state index contributed by atoms with van der Waals surface area (Å²) in [7, 11) is -6.23. The van der Waals surface area contributed by atoms with Gasteiger partial charge >= 0.3 is 18.2 Å². The van der Waals surface area contributed by atoms with E-state index in [1.54, 1.807) is 53.4 Å². The number of rotatable bonds is 33. The lowest BCUT2D eigenvalue weighted by Gasteiger charge is -2.47. The Labute approximate surface area is 573 Å². The number of nitrogens with one attached hydrogen (secondary N) is 4. The number of likely N-dealkylation sites (tertiary alicyclic amines) is 1. The van der Waals surface area contributed by atoms with E-state index in [0.29, 0.717) is 58.1 Å². The van der Waals surface area contributed by atoms with E-state index >= 15 is 14.4 Å². The first-order valence-corrected chi connectivity index (χ1v) is 41.8. The maximum absolute atomic E-state index is 16.2. The van der Waals surface area contributed by atoms with Crippen LogP contribution in [0.1, 0.15) is 200 Å². The molecule has 7 atom stereocenters. The molecule has 0 radical (unpaired) electrons. The third-order valence-corrected chi connectivity index (χ3v) is 38.8. The molecule has 2 aliphatic rings. The SMILES string of the molecule is COC(=O)[C@H](CCCN(C(=N)NC(=O)OCc1ccccc1)C(=O)OCc1ccccc1)NC(=O)[C@@H]1C[C@@H]2CC[C@@H](O[Si](C(C)C)(C(C)C)C(C)C)C[C@@H]2N1C(=O)[C@@H](CC(C)C)NC(=O)[C@@H](Cc1ccc(O[Si](C(C)C)(C(C)C)C(C)C)cc1)O[Si](C(C)C)(C(C)C)C(C)C. The topological polar surface area (TPSA) is 224 Å². The lowest BCUT2D eigenvalue weighted by molar-refractivity contribution is -0.148. The van der Waals surface area contributed by atoms with Crippen molar-refractivity contribution < 1.29 is 56.3 Å². The molecule has 5 rings (SSSR count). The van der Waals surface area contributed by atoms with Gasteiger partial charge in [0.1, 0.15) is 43.2 Å². The molecule has 2 fully saturated rings. The van der Waals surface area contributed by atoms with Crippen molar-refractivity contribution in [2.75, 3.05) is 13.7 Å². The van der Waals surface area contributed by atoms with Gasteiger partial charge in [-0.15, -0.1) is 0 Å². The average molecular weight is 1370 g/mol. The number of fused-ring (bicyclic) bond motifs is 1. The van der Waals surface area contributed by atoms with Crippen molar-refractivity contribution in [2.45, 2.75) is 289 Å². The molecule has 1 aliphatic heterocycles. The molecule has 5 amide bonds. The minimum Gasteiger partial charge on any atom is -0.543 e. The van der Waals surface area contributed by atoms with Crippen LogP contribution in [0.25, 0.3) is 0 Å². The van der Waals surface area contributed by atoms with Gasteiger partial charge < -0.3 is 43.0 Å². The summed E-state index contributed by atoms with van der Waals surface area (Å²) >= 11 is 0. The van der Waals surface area contributed by atoms with Crippen LogP contribution in [0, 0.1) is 17.2 Å². The van der Waals surface area contributed by atoms with Gasteiger partial charge in [-0.1, -0.05) is 211 Å². The molecular weight excluding hydrogens is 1250 g/mol. The van der Waals surface area contributed by atoms with E-state index in [2.05, 4.69) is 141 Å². The summed E-state index contributed by atoms with van der Waals surface area (Å²) in [6.07, 6.45) is -0.350. The average Bonchev–Trinajstić information content (AvgIpc) is 1.68. The number of benzene rings is 3. The number of amides is 5. The first-order valence-electron chi connectivity index (χ1n) is 35.4. The summed E-state index contributed by atoms with van der Waals surface area (Å²) in [4.78, 5) is 90.8. The smallest absolute Gasteiger partial charge is 0.416 e. The fourth-order valence-electron chi connectivity index (χ4n) is 16.3. The fourth-order valence-corrected chi connectivity index (χ4v) is 32.7. The molecular formula is C74H120N6O12Si3. The molecule has 95 heavy (non-hydrogen) atoms. The molecule has 0 unspecified atom stereocenters. The van der Waals surface area contributed by atoms with Crippen LogP contribution in [0.3, 0.4) is 0 Å². The van der Waals surface area contributed by atoms with Gasteiger partial charge in [-0.05, 0) is 135 Å². The number of methoxy groups -OCH3 is 1. The second-order valence-electron chi connectivity index (χ2n) is 30.0. The predicted octanol–water partition coefficient (Wildman–Crippen LogP) is 16.1. The van der Waals surface area contributed by atoms with Crippen molar-refractivity contribution in [2.24, 2.45) is 11.8 Å². The number of carbonyl (C=O) groups excluding carboxylic acids is 6. The minimum atomic E-state index is -2.75. The van der Waals surface area contributed by atoms with Gasteiger partial charge in [0.25, 0.3) is 8.32 Å². The first kappa shape index (κ1) is 79.8. The van der Waals surface area contributed by atoms with Crippen LogP contribution in [0.5, 0.6) is 5.75 Å². The highest BCUT2D eigenvalue weighted by atomic mass is 28.4. The maximum atomic E-state index is 16.2. The summed E-state index contributed by atoms with van der Waals surface area (Å²) in [5.41, 5.74) is 4.82. The van der Waals surface area contributed by atoms with Crippen LogP contribution in [0.4, 0.5) is 9.59 Å². The van der Waals surface area contributed by atoms with E-state index in [9.17, 15) is 14.4 Å². The highest BCUT2D eigenvalue weighted by Gasteiger charge is 2.55. The van der Waals surface area contributed by atoms with Crippen molar-refractivity contribution in [1.29, 1.82) is 5.41 Å².